The predicted molar refractivity (Wildman–Crippen MR) is 72.9 cm³/mol. The van der Waals surface area contributed by atoms with E-state index in [-0.39, 0.29) is 12.1 Å². The molecule has 0 fully saturated rings. The standard InChI is InChI=1S/C13H16ClN3O/c1-3-6-17-11(12(15)16-13(17)18)10-5-4-9(14)7-8(10)2/h4-5,7,11H,3,6H2,1-2H3,(H2,15,16,18). The van der Waals surface area contributed by atoms with Gasteiger partial charge in [-0.25, -0.2) is 4.79 Å². The lowest BCUT2D eigenvalue weighted by Crippen LogP contribution is -2.34. The average Bonchev–Trinajstić information content (AvgIpc) is 2.56. The lowest BCUT2D eigenvalue weighted by molar-refractivity contribution is 0.206. The molecule has 1 aromatic rings. The minimum absolute atomic E-state index is 0.255. The first-order valence-electron chi connectivity index (χ1n) is 5.95. The molecule has 0 aromatic heterocycles. The summed E-state index contributed by atoms with van der Waals surface area (Å²) < 4.78 is 0. The van der Waals surface area contributed by atoms with Gasteiger partial charge in [0.1, 0.15) is 11.9 Å². The van der Waals surface area contributed by atoms with Crippen LogP contribution in [0.4, 0.5) is 4.79 Å². The quantitative estimate of drug-likeness (QED) is 0.914. The van der Waals surface area contributed by atoms with Crippen LogP contribution in [0.3, 0.4) is 0 Å². The molecular weight excluding hydrogens is 250 g/mol. The van der Waals surface area contributed by atoms with Crippen molar-refractivity contribution in [1.29, 1.82) is 0 Å². The maximum absolute atomic E-state index is 11.8. The number of halogens is 1. The van der Waals surface area contributed by atoms with Gasteiger partial charge in [0.15, 0.2) is 0 Å². The zero-order valence-corrected chi connectivity index (χ0v) is 11.2. The first-order chi connectivity index (χ1) is 8.54. The summed E-state index contributed by atoms with van der Waals surface area (Å²) in [5.74, 6) is 0.360. The Kier molecular flexibility index (Phi) is 3.57. The van der Waals surface area contributed by atoms with Crippen LogP contribution in [0, 0.1) is 6.92 Å². The minimum atomic E-state index is -0.256. The maximum Gasteiger partial charge on any atom is 0.346 e. The van der Waals surface area contributed by atoms with E-state index in [9.17, 15) is 4.79 Å². The zero-order valence-electron chi connectivity index (χ0n) is 10.5. The number of nitrogens with two attached hydrogens (primary N) is 1. The monoisotopic (exact) mass is 265 g/mol. The number of rotatable bonds is 3. The zero-order chi connectivity index (χ0) is 13.3. The molecular formula is C13H16ClN3O. The molecule has 96 valence electrons. The highest BCUT2D eigenvalue weighted by atomic mass is 35.5. The highest BCUT2D eigenvalue weighted by Crippen LogP contribution is 2.30. The summed E-state index contributed by atoms with van der Waals surface area (Å²) >= 11 is 5.94. The largest absolute Gasteiger partial charge is 0.385 e. The highest BCUT2D eigenvalue weighted by molar-refractivity contribution is 6.30. The van der Waals surface area contributed by atoms with Crippen molar-refractivity contribution in [3.63, 3.8) is 0 Å². The molecule has 1 aliphatic rings. The molecule has 0 saturated carbocycles. The molecule has 2 rings (SSSR count). The van der Waals surface area contributed by atoms with E-state index in [2.05, 4.69) is 4.99 Å². The summed E-state index contributed by atoms with van der Waals surface area (Å²) in [6, 6.07) is 5.08. The summed E-state index contributed by atoms with van der Waals surface area (Å²) in [5, 5.41) is 0.679. The van der Waals surface area contributed by atoms with Gasteiger partial charge in [0.05, 0.1) is 0 Å². The number of aliphatic imine (C=N–C) groups is 1. The Morgan fingerprint density at radius 2 is 2.22 bits per heavy atom. The van der Waals surface area contributed by atoms with Crippen LogP contribution in [0.15, 0.2) is 23.2 Å². The van der Waals surface area contributed by atoms with Gasteiger partial charge >= 0.3 is 6.03 Å². The molecule has 1 aromatic carbocycles. The van der Waals surface area contributed by atoms with Crippen molar-refractivity contribution in [1.82, 2.24) is 4.90 Å². The summed E-state index contributed by atoms with van der Waals surface area (Å²) in [5.41, 5.74) is 7.88. The van der Waals surface area contributed by atoms with Gasteiger partial charge < -0.3 is 10.6 Å². The fourth-order valence-electron chi connectivity index (χ4n) is 2.24. The Morgan fingerprint density at radius 1 is 1.50 bits per heavy atom. The number of hydrogen-bond acceptors (Lipinski definition) is 2. The Morgan fingerprint density at radius 3 is 2.83 bits per heavy atom. The number of aryl methyl sites for hydroxylation is 1. The Hall–Kier alpha value is -1.55. The van der Waals surface area contributed by atoms with Crippen molar-refractivity contribution in [2.45, 2.75) is 26.3 Å². The van der Waals surface area contributed by atoms with Crippen LogP contribution in [0.25, 0.3) is 0 Å². The van der Waals surface area contributed by atoms with Crippen LogP contribution < -0.4 is 5.73 Å². The second-order valence-corrected chi connectivity index (χ2v) is 4.85. The summed E-state index contributed by atoms with van der Waals surface area (Å²) in [7, 11) is 0. The number of carbonyl (C=O) groups excluding carboxylic acids is 1. The van der Waals surface area contributed by atoms with Gasteiger partial charge in [-0.2, -0.15) is 4.99 Å². The van der Waals surface area contributed by atoms with Crippen molar-refractivity contribution >= 4 is 23.5 Å². The SMILES string of the molecule is CCCN1C(=O)N=C(N)C1c1ccc(Cl)cc1C. The van der Waals surface area contributed by atoms with E-state index in [1.165, 1.54) is 0 Å². The first kappa shape index (κ1) is 12.9. The molecule has 2 amide bonds. The van der Waals surface area contributed by atoms with Gasteiger partial charge in [0.25, 0.3) is 0 Å². The minimum Gasteiger partial charge on any atom is -0.385 e. The molecule has 5 heteroatoms. The van der Waals surface area contributed by atoms with Crippen LogP contribution in [0.2, 0.25) is 5.02 Å². The average molecular weight is 266 g/mol. The highest BCUT2D eigenvalue weighted by Gasteiger charge is 2.34. The van der Waals surface area contributed by atoms with Crippen molar-refractivity contribution < 1.29 is 4.79 Å². The van der Waals surface area contributed by atoms with Crippen LogP contribution >= 0.6 is 11.6 Å². The number of amidine groups is 1. The van der Waals surface area contributed by atoms with Crippen LogP contribution in [-0.2, 0) is 0 Å². The Balaban J connectivity index is 2.41. The third kappa shape index (κ3) is 2.20. The molecule has 0 bridgehead atoms. The lowest BCUT2D eigenvalue weighted by Gasteiger charge is -2.25. The van der Waals surface area contributed by atoms with Crippen molar-refractivity contribution in [2.75, 3.05) is 6.54 Å². The number of urea groups is 1. The van der Waals surface area contributed by atoms with E-state index in [0.717, 1.165) is 17.5 Å². The summed E-state index contributed by atoms with van der Waals surface area (Å²) in [6.45, 7) is 4.63. The molecule has 1 aliphatic heterocycles. The third-order valence-electron chi connectivity index (χ3n) is 3.05. The Labute approximate surface area is 111 Å². The fraction of sp³-hybridized carbons (Fsp3) is 0.385. The molecule has 1 atom stereocenters. The first-order valence-corrected chi connectivity index (χ1v) is 6.33. The molecule has 0 aliphatic carbocycles. The van der Waals surface area contributed by atoms with Gasteiger partial charge in [-0.05, 0) is 36.6 Å². The predicted octanol–water partition coefficient (Wildman–Crippen LogP) is 2.89. The normalized spacial score (nSPS) is 19.3. The van der Waals surface area contributed by atoms with E-state index in [1.54, 1.807) is 4.90 Å². The van der Waals surface area contributed by atoms with Crippen LogP contribution in [-0.4, -0.2) is 23.3 Å². The Bertz CT molecular complexity index is 513. The number of benzene rings is 1. The van der Waals surface area contributed by atoms with Crippen molar-refractivity contribution in [2.24, 2.45) is 10.7 Å². The number of amides is 2. The topological polar surface area (TPSA) is 58.7 Å². The van der Waals surface area contributed by atoms with Crippen LogP contribution in [0.5, 0.6) is 0 Å². The van der Waals surface area contributed by atoms with Crippen molar-refractivity contribution in [3.05, 3.63) is 34.3 Å². The molecule has 1 unspecified atom stereocenters. The van der Waals surface area contributed by atoms with E-state index < -0.39 is 0 Å². The van der Waals surface area contributed by atoms with E-state index in [4.69, 9.17) is 17.3 Å². The van der Waals surface area contributed by atoms with Gasteiger partial charge in [0, 0.05) is 11.6 Å². The number of carbonyl (C=O) groups is 1. The second-order valence-electron chi connectivity index (χ2n) is 4.42. The number of hydrogen-bond donors (Lipinski definition) is 1. The molecule has 4 nitrogen and oxygen atoms in total. The van der Waals surface area contributed by atoms with Gasteiger partial charge in [0.2, 0.25) is 0 Å². The summed E-state index contributed by atoms with van der Waals surface area (Å²) in [6.07, 6.45) is 0.873. The maximum atomic E-state index is 11.8. The molecule has 0 saturated heterocycles. The smallest absolute Gasteiger partial charge is 0.346 e. The van der Waals surface area contributed by atoms with Gasteiger partial charge in [-0.1, -0.05) is 24.6 Å². The van der Waals surface area contributed by atoms with E-state index in [0.29, 0.717) is 17.4 Å². The molecule has 18 heavy (non-hydrogen) atoms. The van der Waals surface area contributed by atoms with Gasteiger partial charge in [-0.15, -0.1) is 0 Å². The van der Waals surface area contributed by atoms with Gasteiger partial charge in [-0.3, -0.25) is 0 Å². The van der Waals surface area contributed by atoms with Crippen LogP contribution in [0.1, 0.15) is 30.5 Å². The third-order valence-corrected chi connectivity index (χ3v) is 3.29. The molecule has 0 spiro atoms. The fourth-order valence-corrected chi connectivity index (χ4v) is 2.47. The lowest BCUT2D eigenvalue weighted by atomic mass is 10.00. The second kappa shape index (κ2) is 4.98. The van der Waals surface area contributed by atoms with E-state index >= 15 is 0 Å². The number of nitrogens with zero attached hydrogens (tertiary/aromatic N) is 2. The molecule has 2 N–H and O–H groups in total. The molecule has 0 radical (unpaired) electrons. The summed E-state index contributed by atoms with van der Waals surface area (Å²) in [4.78, 5) is 17.3. The van der Waals surface area contributed by atoms with Crippen molar-refractivity contribution in [3.8, 4) is 0 Å². The van der Waals surface area contributed by atoms with E-state index in [1.807, 2.05) is 32.0 Å². The molecule has 1 heterocycles.